The normalized spacial score (nSPS) is 10.2. The van der Waals surface area contributed by atoms with E-state index in [0.717, 1.165) is 16.9 Å². The van der Waals surface area contributed by atoms with Gasteiger partial charge in [0.1, 0.15) is 5.75 Å². The first-order chi connectivity index (χ1) is 10.1. The molecule has 0 heterocycles. The third kappa shape index (κ3) is 4.23. The van der Waals surface area contributed by atoms with Crippen LogP contribution in [0.15, 0.2) is 48.5 Å². The maximum absolute atomic E-state index is 12.3. The summed E-state index contributed by atoms with van der Waals surface area (Å²) in [5.74, 6) is 0.836. The van der Waals surface area contributed by atoms with Crippen molar-refractivity contribution in [3.63, 3.8) is 0 Å². The first-order valence-corrected chi connectivity index (χ1v) is 7.08. The molecule has 0 saturated heterocycles. The van der Waals surface area contributed by atoms with E-state index >= 15 is 0 Å². The molecule has 3 nitrogen and oxygen atoms in total. The van der Waals surface area contributed by atoms with E-state index in [1.165, 1.54) is 0 Å². The molecule has 0 aliphatic carbocycles. The average molecular weight is 304 g/mol. The second-order valence-electron chi connectivity index (χ2n) is 4.87. The van der Waals surface area contributed by atoms with Crippen molar-refractivity contribution < 1.29 is 9.53 Å². The fourth-order valence-electron chi connectivity index (χ4n) is 2.13. The van der Waals surface area contributed by atoms with Crippen molar-refractivity contribution in [2.45, 2.75) is 13.0 Å². The number of methoxy groups -OCH3 is 1. The predicted octanol–water partition coefficient (Wildman–Crippen LogP) is 3.55. The second-order valence-corrected chi connectivity index (χ2v) is 5.30. The number of hydrogen-bond acceptors (Lipinski definition) is 2. The van der Waals surface area contributed by atoms with Crippen molar-refractivity contribution in [3.8, 4) is 5.75 Å². The topological polar surface area (TPSA) is 29.5 Å². The Hall–Kier alpha value is -2.00. The molecule has 0 radical (unpaired) electrons. The highest BCUT2D eigenvalue weighted by Crippen LogP contribution is 2.19. The fourth-order valence-corrected chi connectivity index (χ4v) is 2.35. The number of carbonyl (C=O) groups excluding carboxylic acids is 1. The molecule has 110 valence electrons. The van der Waals surface area contributed by atoms with Crippen molar-refractivity contribution in [2.24, 2.45) is 0 Å². The SMILES string of the molecule is COc1ccccc1CN(C)C(=O)Cc1cccc(Cl)c1. The Kier molecular flexibility index (Phi) is 5.23. The van der Waals surface area contributed by atoms with Gasteiger partial charge < -0.3 is 9.64 Å². The highest BCUT2D eigenvalue weighted by molar-refractivity contribution is 6.30. The van der Waals surface area contributed by atoms with Crippen molar-refractivity contribution in [3.05, 3.63) is 64.7 Å². The molecule has 0 saturated carbocycles. The van der Waals surface area contributed by atoms with E-state index in [4.69, 9.17) is 16.3 Å². The van der Waals surface area contributed by atoms with Crippen LogP contribution in [0.2, 0.25) is 5.02 Å². The Balaban J connectivity index is 2.02. The largest absolute Gasteiger partial charge is 0.496 e. The van der Waals surface area contributed by atoms with Crippen molar-refractivity contribution in [1.29, 1.82) is 0 Å². The van der Waals surface area contributed by atoms with Crippen LogP contribution in [0.25, 0.3) is 0 Å². The molecule has 0 spiro atoms. The number of hydrogen-bond donors (Lipinski definition) is 0. The van der Waals surface area contributed by atoms with Gasteiger partial charge in [-0.2, -0.15) is 0 Å². The molecule has 0 unspecified atom stereocenters. The van der Waals surface area contributed by atoms with Gasteiger partial charge in [0.05, 0.1) is 13.5 Å². The lowest BCUT2D eigenvalue weighted by molar-refractivity contribution is -0.129. The number of halogens is 1. The molecule has 2 aromatic rings. The summed E-state index contributed by atoms with van der Waals surface area (Å²) in [6.07, 6.45) is 0.339. The van der Waals surface area contributed by atoms with Crippen LogP contribution in [-0.2, 0) is 17.8 Å². The summed E-state index contributed by atoms with van der Waals surface area (Å²) in [6.45, 7) is 0.517. The average Bonchev–Trinajstić information content (AvgIpc) is 2.47. The third-order valence-electron chi connectivity index (χ3n) is 3.27. The molecule has 0 aliphatic rings. The van der Waals surface area contributed by atoms with Gasteiger partial charge in [0, 0.05) is 24.2 Å². The van der Waals surface area contributed by atoms with Gasteiger partial charge in [-0.1, -0.05) is 41.9 Å². The zero-order chi connectivity index (χ0) is 15.2. The molecule has 21 heavy (non-hydrogen) atoms. The molecule has 0 aliphatic heterocycles. The molecule has 0 bridgehead atoms. The minimum atomic E-state index is 0.0446. The third-order valence-corrected chi connectivity index (χ3v) is 3.51. The molecule has 0 aromatic heterocycles. The minimum Gasteiger partial charge on any atom is -0.496 e. The summed E-state index contributed by atoms with van der Waals surface area (Å²) in [5, 5.41) is 0.646. The second kappa shape index (κ2) is 7.14. The van der Waals surface area contributed by atoms with Crippen molar-refractivity contribution >= 4 is 17.5 Å². The van der Waals surface area contributed by atoms with E-state index in [2.05, 4.69) is 0 Å². The summed E-state index contributed by atoms with van der Waals surface area (Å²) in [4.78, 5) is 14.0. The summed E-state index contributed by atoms with van der Waals surface area (Å²) >= 11 is 5.94. The van der Waals surface area contributed by atoms with Crippen molar-refractivity contribution in [1.82, 2.24) is 4.90 Å². The van der Waals surface area contributed by atoms with Crippen LogP contribution in [0.4, 0.5) is 0 Å². The molecule has 2 aromatic carbocycles. The summed E-state index contributed by atoms with van der Waals surface area (Å²) in [7, 11) is 3.42. The quantitative estimate of drug-likeness (QED) is 0.845. The summed E-state index contributed by atoms with van der Waals surface area (Å²) < 4.78 is 5.30. The highest BCUT2D eigenvalue weighted by Gasteiger charge is 2.12. The Labute approximate surface area is 130 Å². The van der Waals surface area contributed by atoms with Crippen molar-refractivity contribution in [2.75, 3.05) is 14.2 Å². The molecule has 2 rings (SSSR count). The molecule has 0 fully saturated rings. The number of benzene rings is 2. The predicted molar refractivity (Wildman–Crippen MR) is 84.6 cm³/mol. The first-order valence-electron chi connectivity index (χ1n) is 6.70. The van der Waals surface area contributed by atoms with Crippen LogP contribution >= 0.6 is 11.6 Å². The molecule has 4 heteroatoms. The van der Waals surface area contributed by atoms with E-state index < -0.39 is 0 Å². The smallest absolute Gasteiger partial charge is 0.227 e. The summed E-state index contributed by atoms with van der Waals surface area (Å²) in [5.41, 5.74) is 1.90. The van der Waals surface area contributed by atoms with Gasteiger partial charge in [0.15, 0.2) is 0 Å². The van der Waals surface area contributed by atoms with E-state index in [1.54, 1.807) is 25.1 Å². The minimum absolute atomic E-state index is 0.0446. The monoisotopic (exact) mass is 303 g/mol. The van der Waals surface area contributed by atoms with Crippen LogP contribution in [-0.4, -0.2) is 25.0 Å². The van der Waals surface area contributed by atoms with Crippen LogP contribution < -0.4 is 4.74 Å². The van der Waals surface area contributed by atoms with Gasteiger partial charge in [0.25, 0.3) is 0 Å². The summed E-state index contributed by atoms with van der Waals surface area (Å²) in [6, 6.07) is 15.1. The first kappa shape index (κ1) is 15.4. The zero-order valence-corrected chi connectivity index (χ0v) is 12.9. The number of para-hydroxylation sites is 1. The van der Waals surface area contributed by atoms with Crippen LogP contribution in [0, 0.1) is 0 Å². The van der Waals surface area contributed by atoms with Crippen LogP contribution in [0.3, 0.4) is 0 Å². The van der Waals surface area contributed by atoms with Gasteiger partial charge >= 0.3 is 0 Å². The van der Waals surface area contributed by atoms with E-state index in [9.17, 15) is 4.79 Å². The molecule has 1 amide bonds. The number of nitrogens with zero attached hydrogens (tertiary/aromatic N) is 1. The van der Waals surface area contributed by atoms with Gasteiger partial charge in [-0.25, -0.2) is 0 Å². The maximum atomic E-state index is 12.3. The van der Waals surface area contributed by atoms with E-state index in [-0.39, 0.29) is 5.91 Å². The lowest BCUT2D eigenvalue weighted by atomic mass is 10.1. The number of rotatable bonds is 5. The van der Waals surface area contributed by atoms with E-state index in [0.29, 0.717) is 18.0 Å². The van der Waals surface area contributed by atoms with Gasteiger partial charge in [-0.15, -0.1) is 0 Å². The zero-order valence-electron chi connectivity index (χ0n) is 12.2. The van der Waals surface area contributed by atoms with Gasteiger partial charge in [0.2, 0.25) is 5.91 Å². The Morgan fingerprint density at radius 3 is 2.67 bits per heavy atom. The maximum Gasteiger partial charge on any atom is 0.227 e. The number of likely N-dealkylation sites (N-methyl/N-ethyl adjacent to an activating group) is 1. The Morgan fingerprint density at radius 1 is 1.19 bits per heavy atom. The van der Waals surface area contributed by atoms with Crippen LogP contribution in [0.1, 0.15) is 11.1 Å². The highest BCUT2D eigenvalue weighted by atomic mass is 35.5. The fraction of sp³-hybridized carbons (Fsp3) is 0.235. The Bertz CT molecular complexity index is 628. The van der Waals surface area contributed by atoms with Crippen LogP contribution in [0.5, 0.6) is 5.75 Å². The number of amides is 1. The van der Waals surface area contributed by atoms with Gasteiger partial charge in [-0.3, -0.25) is 4.79 Å². The molecular formula is C17H18ClNO2. The number of carbonyl (C=O) groups is 1. The molecular weight excluding hydrogens is 286 g/mol. The molecule has 0 atom stereocenters. The van der Waals surface area contributed by atoms with E-state index in [1.807, 2.05) is 42.5 Å². The lowest BCUT2D eigenvalue weighted by Gasteiger charge is -2.19. The standard InChI is InChI=1S/C17H18ClNO2/c1-19(12-14-7-3-4-9-16(14)21-2)17(20)11-13-6-5-8-15(18)10-13/h3-10H,11-12H2,1-2H3. The Morgan fingerprint density at radius 2 is 1.95 bits per heavy atom. The number of ether oxygens (including phenoxy) is 1. The lowest BCUT2D eigenvalue weighted by Crippen LogP contribution is -2.27. The van der Waals surface area contributed by atoms with Gasteiger partial charge in [-0.05, 0) is 23.8 Å². The molecule has 0 N–H and O–H groups in total.